The Morgan fingerprint density at radius 2 is 1.77 bits per heavy atom. The van der Waals surface area contributed by atoms with E-state index in [4.69, 9.17) is 18.9 Å². The van der Waals surface area contributed by atoms with Crippen LogP contribution in [0.4, 0.5) is 0 Å². The molecule has 7 heteroatoms. The van der Waals surface area contributed by atoms with Crippen LogP contribution in [-0.4, -0.2) is 18.1 Å². The summed E-state index contributed by atoms with van der Waals surface area (Å²) in [7, 11) is 1.56. The molecule has 0 aliphatic heterocycles. The summed E-state index contributed by atoms with van der Waals surface area (Å²) in [5.41, 5.74) is 2.56. The average molecular weight is 486 g/mol. The second-order valence-electron chi connectivity index (χ2n) is 8.50. The van der Waals surface area contributed by atoms with Crippen LogP contribution in [-0.2, 0) is 0 Å². The second kappa shape index (κ2) is 9.00. The molecule has 0 saturated carbocycles. The van der Waals surface area contributed by atoms with Crippen LogP contribution in [0.15, 0.2) is 69.9 Å². The average Bonchev–Trinajstić information content (AvgIpc) is 3.29. The molecule has 2 heterocycles. The monoisotopic (exact) mass is 485 g/mol. The minimum Gasteiger partial charge on any atom is -0.497 e. The van der Waals surface area contributed by atoms with Gasteiger partial charge in [0.25, 0.3) is 0 Å². The first-order valence-electron chi connectivity index (χ1n) is 11.2. The maximum atomic E-state index is 13.7. The Kier molecular flexibility index (Phi) is 5.86. The maximum Gasteiger partial charge on any atom is 0.343 e. The van der Waals surface area contributed by atoms with Gasteiger partial charge in [-0.15, -0.1) is 11.3 Å². The van der Waals surface area contributed by atoms with Gasteiger partial charge in [-0.25, -0.2) is 9.78 Å². The third kappa shape index (κ3) is 4.08. The van der Waals surface area contributed by atoms with Crippen LogP contribution in [0.1, 0.15) is 41.4 Å². The zero-order chi connectivity index (χ0) is 24.7. The predicted octanol–water partition coefficient (Wildman–Crippen LogP) is 6.73. The number of fused-ring (bicyclic) bond motifs is 2. The fourth-order valence-corrected chi connectivity index (χ4v) is 4.99. The Morgan fingerprint density at radius 1 is 1.03 bits per heavy atom. The van der Waals surface area contributed by atoms with Gasteiger partial charge in [-0.05, 0) is 55.5 Å². The topological polar surface area (TPSA) is 78.6 Å². The molecule has 0 N–H and O–H groups in total. The molecule has 0 radical (unpaired) electrons. The summed E-state index contributed by atoms with van der Waals surface area (Å²) >= 11 is 1.47. The van der Waals surface area contributed by atoms with E-state index < -0.39 is 5.97 Å². The van der Waals surface area contributed by atoms with Crippen molar-refractivity contribution >= 4 is 38.5 Å². The molecule has 0 atom stereocenters. The first kappa shape index (κ1) is 22.8. The van der Waals surface area contributed by atoms with E-state index in [1.807, 2.05) is 38.1 Å². The Bertz CT molecular complexity index is 1600. The summed E-state index contributed by atoms with van der Waals surface area (Å²) in [5, 5.41) is 1.06. The highest BCUT2D eigenvalue weighted by Crippen LogP contribution is 2.36. The molecule has 0 unspecified atom stereocenters. The molecule has 2 aromatic heterocycles. The standard InChI is InChI=1S/C28H23NO5S/c1-15(2)25-23(27-29-20-7-5-6-8-22(20)35-27)24(30)19-13-14-21(16(3)26(19)34-25)33-28(31)17-9-11-18(32-4)12-10-17/h5-15H,1-4H3. The van der Waals surface area contributed by atoms with Gasteiger partial charge in [-0.3, -0.25) is 4.79 Å². The number of carbonyl (C=O) groups excluding carboxylic acids is 1. The van der Waals surface area contributed by atoms with Crippen LogP contribution in [0.25, 0.3) is 31.8 Å². The summed E-state index contributed by atoms with van der Waals surface area (Å²) < 4.78 is 18.1. The van der Waals surface area contributed by atoms with E-state index in [0.717, 1.165) is 10.2 Å². The number of methoxy groups -OCH3 is 1. The van der Waals surface area contributed by atoms with Crippen LogP contribution in [0, 0.1) is 6.92 Å². The molecule has 176 valence electrons. The second-order valence-corrected chi connectivity index (χ2v) is 9.53. The smallest absolute Gasteiger partial charge is 0.343 e. The van der Waals surface area contributed by atoms with E-state index in [9.17, 15) is 9.59 Å². The summed E-state index contributed by atoms with van der Waals surface area (Å²) in [6.07, 6.45) is 0. The van der Waals surface area contributed by atoms with Crippen LogP contribution in [0.2, 0.25) is 0 Å². The first-order valence-corrected chi connectivity index (χ1v) is 12.0. The number of nitrogens with zero attached hydrogens (tertiary/aromatic N) is 1. The van der Waals surface area contributed by atoms with Crippen LogP contribution in [0.3, 0.4) is 0 Å². The lowest BCUT2D eigenvalue weighted by Crippen LogP contribution is -2.12. The van der Waals surface area contributed by atoms with E-state index >= 15 is 0 Å². The Labute approximate surface area is 205 Å². The third-order valence-corrected chi connectivity index (χ3v) is 6.90. The lowest BCUT2D eigenvalue weighted by Gasteiger charge is -2.14. The minimum absolute atomic E-state index is 0.0565. The van der Waals surface area contributed by atoms with E-state index in [1.165, 1.54) is 11.3 Å². The number of hydrogen-bond donors (Lipinski definition) is 0. The maximum absolute atomic E-state index is 13.7. The molecule has 0 spiro atoms. The Hall–Kier alpha value is -3.97. The number of aryl methyl sites for hydroxylation is 1. The molecule has 6 nitrogen and oxygen atoms in total. The quantitative estimate of drug-likeness (QED) is 0.203. The zero-order valence-corrected chi connectivity index (χ0v) is 20.6. The van der Waals surface area contributed by atoms with Crippen molar-refractivity contribution in [2.24, 2.45) is 0 Å². The third-order valence-electron chi connectivity index (χ3n) is 5.85. The van der Waals surface area contributed by atoms with Crippen molar-refractivity contribution in [3.8, 4) is 22.1 Å². The lowest BCUT2D eigenvalue weighted by atomic mass is 10.0. The number of aromatic nitrogens is 1. The van der Waals surface area contributed by atoms with Crippen LogP contribution in [0.5, 0.6) is 11.5 Å². The number of benzene rings is 3. The predicted molar refractivity (Wildman–Crippen MR) is 138 cm³/mol. The summed E-state index contributed by atoms with van der Waals surface area (Å²) in [6.45, 7) is 5.73. The molecule has 0 amide bonds. The zero-order valence-electron chi connectivity index (χ0n) is 19.7. The number of thiazole rings is 1. The highest BCUT2D eigenvalue weighted by atomic mass is 32.1. The Morgan fingerprint density at radius 3 is 2.46 bits per heavy atom. The van der Waals surface area contributed by atoms with Crippen molar-refractivity contribution in [3.05, 3.63) is 87.8 Å². The number of esters is 1. The first-order chi connectivity index (χ1) is 16.9. The van der Waals surface area contributed by atoms with E-state index in [2.05, 4.69) is 0 Å². The molecule has 5 rings (SSSR count). The van der Waals surface area contributed by atoms with Gasteiger partial charge in [0.05, 0.1) is 33.8 Å². The van der Waals surface area contributed by atoms with Gasteiger partial charge in [0, 0.05) is 11.5 Å². The van der Waals surface area contributed by atoms with Crippen molar-refractivity contribution in [2.75, 3.05) is 7.11 Å². The van der Waals surface area contributed by atoms with Crippen molar-refractivity contribution < 1.29 is 18.7 Å². The summed E-state index contributed by atoms with van der Waals surface area (Å²) in [5.74, 6) is 0.981. The Balaban J connectivity index is 1.60. The molecule has 0 bridgehead atoms. The number of carbonyl (C=O) groups is 1. The molecule has 35 heavy (non-hydrogen) atoms. The van der Waals surface area contributed by atoms with Gasteiger partial charge >= 0.3 is 5.97 Å². The number of hydrogen-bond acceptors (Lipinski definition) is 7. The van der Waals surface area contributed by atoms with Crippen LogP contribution >= 0.6 is 11.3 Å². The molecule has 0 aliphatic carbocycles. The fraction of sp³-hybridized carbons (Fsp3) is 0.179. The van der Waals surface area contributed by atoms with Crippen LogP contribution < -0.4 is 14.9 Å². The van der Waals surface area contributed by atoms with Gasteiger partial charge in [-0.2, -0.15) is 0 Å². The molecule has 0 aliphatic rings. The van der Waals surface area contributed by atoms with Gasteiger partial charge in [0.15, 0.2) is 0 Å². The molecule has 3 aromatic carbocycles. The van der Waals surface area contributed by atoms with Crippen molar-refractivity contribution in [2.45, 2.75) is 26.7 Å². The molecular weight excluding hydrogens is 462 g/mol. The van der Waals surface area contributed by atoms with E-state index in [-0.39, 0.29) is 11.3 Å². The highest BCUT2D eigenvalue weighted by molar-refractivity contribution is 7.21. The van der Waals surface area contributed by atoms with Gasteiger partial charge < -0.3 is 13.9 Å². The summed E-state index contributed by atoms with van der Waals surface area (Å²) in [6, 6.07) is 17.7. The van der Waals surface area contributed by atoms with Gasteiger partial charge in [-0.1, -0.05) is 26.0 Å². The SMILES string of the molecule is COc1ccc(C(=O)Oc2ccc3c(=O)c(-c4nc5ccccc5s4)c(C(C)C)oc3c2C)cc1. The van der Waals surface area contributed by atoms with Crippen molar-refractivity contribution in [1.82, 2.24) is 4.98 Å². The lowest BCUT2D eigenvalue weighted by molar-refractivity contribution is 0.0733. The number of para-hydroxylation sites is 1. The molecule has 0 saturated heterocycles. The number of ether oxygens (including phenoxy) is 2. The van der Waals surface area contributed by atoms with Gasteiger partial charge in [0.2, 0.25) is 5.43 Å². The fourth-order valence-electron chi connectivity index (χ4n) is 3.98. The molecular formula is C28H23NO5S. The normalized spacial score (nSPS) is 11.3. The highest BCUT2D eigenvalue weighted by Gasteiger charge is 2.23. The summed E-state index contributed by atoms with van der Waals surface area (Å²) in [4.78, 5) is 31.1. The largest absolute Gasteiger partial charge is 0.497 e. The number of rotatable bonds is 5. The van der Waals surface area contributed by atoms with E-state index in [0.29, 0.717) is 49.9 Å². The minimum atomic E-state index is -0.507. The van der Waals surface area contributed by atoms with E-state index in [1.54, 1.807) is 50.4 Å². The van der Waals surface area contributed by atoms with Gasteiger partial charge in [0.1, 0.15) is 27.8 Å². The van der Waals surface area contributed by atoms with Crippen molar-refractivity contribution in [3.63, 3.8) is 0 Å². The molecule has 0 fully saturated rings. The molecule has 5 aromatic rings. The van der Waals surface area contributed by atoms with Crippen molar-refractivity contribution in [1.29, 1.82) is 0 Å².